The van der Waals surface area contributed by atoms with Gasteiger partial charge < -0.3 is 15.5 Å². The second-order valence-electron chi connectivity index (χ2n) is 7.67. The highest BCUT2D eigenvalue weighted by Gasteiger charge is 2.07. The van der Waals surface area contributed by atoms with Crippen LogP contribution in [-0.4, -0.2) is 57.0 Å². The van der Waals surface area contributed by atoms with Gasteiger partial charge in [0.05, 0.1) is 6.20 Å². The molecule has 0 saturated carbocycles. The summed E-state index contributed by atoms with van der Waals surface area (Å²) in [6.45, 7) is 5.94. The molecule has 0 unspecified atom stereocenters. The highest BCUT2D eigenvalue weighted by molar-refractivity contribution is 5.89. The van der Waals surface area contributed by atoms with Crippen molar-refractivity contribution in [1.29, 1.82) is 0 Å². The summed E-state index contributed by atoms with van der Waals surface area (Å²) in [5.41, 5.74) is 3.57. The van der Waals surface area contributed by atoms with E-state index < -0.39 is 0 Å². The fraction of sp³-hybridized carbons (Fsp3) is 0.217. The summed E-state index contributed by atoms with van der Waals surface area (Å²) >= 11 is 0. The van der Waals surface area contributed by atoms with Crippen LogP contribution in [0.3, 0.4) is 0 Å². The van der Waals surface area contributed by atoms with Crippen molar-refractivity contribution in [3.63, 3.8) is 0 Å². The summed E-state index contributed by atoms with van der Waals surface area (Å²) in [5.74, 6) is 1.55. The van der Waals surface area contributed by atoms with Gasteiger partial charge in [-0.2, -0.15) is 0 Å². The van der Waals surface area contributed by atoms with E-state index in [1.807, 2.05) is 63.9 Å². The van der Waals surface area contributed by atoms with Gasteiger partial charge in [-0.15, -0.1) is 5.10 Å². The molecule has 4 aromatic rings. The normalized spacial score (nSPS) is 11.1. The molecule has 0 aliphatic carbocycles. The van der Waals surface area contributed by atoms with Crippen molar-refractivity contribution >= 4 is 28.1 Å². The number of aryl methyl sites for hydroxylation is 1. The van der Waals surface area contributed by atoms with Crippen molar-refractivity contribution in [2.75, 3.05) is 37.8 Å². The van der Waals surface area contributed by atoms with Gasteiger partial charge in [-0.25, -0.2) is 9.97 Å². The molecule has 0 spiro atoms. The number of anilines is 2. The molecular weight excluding hydrogens is 388 g/mol. The topological polar surface area (TPSA) is 83.8 Å². The maximum Gasteiger partial charge on any atom is 0.130 e. The second-order valence-corrected chi connectivity index (χ2v) is 7.67. The van der Waals surface area contributed by atoms with Crippen molar-refractivity contribution in [3.8, 4) is 11.3 Å². The van der Waals surface area contributed by atoms with E-state index in [9.17, 15) is 0 Å². The van der Waals surface area contributed by atoms with Crippen LogP contribution >= 0.6 is 0 Å². The van der Waals surface area contributed by atoms with Crippen molar-refractivity contribution in [2.24, 2.45) is 7.05 Å². The second kappa shape index (κ2) is 8.93. The Labute approximate surface area is 181 Å². The van der Waals surface area contributed by atoms with E-state index in [1.54, 1.807) is 10.9 Å². The molecule has 31 heavy (non-hydrogen) atoms. The fourth-order valence-corrected chi connectivity index (χ4v) is 3.20. The number of aromatic nitrogens is 5. The van der Waals surface area contributed by atoms with Crippen LogP contribution in [0.5, 0.6) is 0 Å². The SMILES string of the molecule is C=C(Nc1cc2cc(-c3cn(C)nn3)ccc2cn1)c1ccnc(NCCN(C)C)c1. The molecule has 0 fully saturated rings. The molecule has 0 radical (unpaired) electrons. The highest BCUT2D eigenvalue weighted by atomic mass is 15.4. The highest BCUT2D eigenvalue weighted by Crippen LogP contribution is 2.25. The van der Waals surface area contributed by atoms with Crippen LogP contribution in [0.1, 0.15) is 5.56 Å². The maximum atomic E-state index is 4.53. The lowest BCUT2D eigenvalue weighted by atomic mass is 10.1. The Morgan fingerprint density at radius 1 is 1.06 bits per heavy atom. The molecule has 2 N–H and O–H groups in total. The zero-order valence-corrected chi connectivity index (χ0v) is 18.0. The predicted octanol–water partition coefficient (Wildman–Crippen LogP) is 3.48. The van der Waals surface area contributed by atoms with Gasteiger partial charge in [-0.05, 0) is 43.7 Å². The van der Waals surface area contributed by atoms with Crippen molar-refractivity contribution in [2.45, 2.75) is 0 Å². The Balaban J connectivity index is 1.50. The van der Waals surface area contributed by atoms with Gasteiger partial charge in [0.2, 0.25) is 0 Å². The lowest BCUT2D eigenvalue weighted by molar-refractivity contribution is 0.425. The van der Waals surface area contributed by atoms with E-state index in [0.717, 1.165) is 58.0 Å². The first-order valence-corrected chi connectivity index (χ1v) is 10.1. The minimum absolute atomic E-state index is 0.729. The van der Waals surface area contributed by atoms with Gasteiger partial charge in [0.1, 0.15) is 17.3 Å². The summed E-state index contributed by atoms with van der Waals surface area (Å²) < 4.78 is 1.70. The number of likely N-dealkylation sites (N-methyl/N-ethyl adjacent to an activating group) is 1. The molecule has 0 atom stereocenters. The van der Waals surface area contributed by atoms with Gasteiger partial charge in [0.15, 0.2) is 0 Å². The smallest absolute Gasteiger partial charge is 0.130 e. The number of nitrogens with zero attached hydrogens (tertiary/aromatic N) is 6. The molecule has 0 aliphatic rings. The van der Waals surface area contributed by atoms with Crippen LogP contribution in [0, 0.1) is 0 Å². The first-order valence-electron chi connectivity index (χ1n) is 10.1. The van der Waals surface area contributed by atoms with Crippen LogP contribution in [0.15, 0.2) is 61.6 Å². The average molecular weight is 415 g/mol. The van der Waals surface area contributed by atoms with E-state index in [2.05, 4.69) is 48.5 Å². The van der Waals surface area contributed by atoms with Crippen LogP contribution in [0.2, 0.25) is 0 Å². The van der Waals surface area contributed by atoms with Crippen LogP contribution in [0.25, 0.3) is 27.7 Å². The Morgan fingerprint density at radius 2 is 1.94 bits per heavy atom. The van der Waals surface area contributed by atoms with Gasteiger partial charge in [0.25, 0.3) is 0 Å². The first-order chi connectivity index (χ1) is 15.0. The zero-order valence-electron chi connectivity index (χ0n) is 18.0. The first kappa shape index (κ1) is 20.5. The quantitative estimate of drug-likeness (QED) is 0.457. The molecule has 4 rings (SSSR count). The summed E-state index contributed by atoms with van der Waals surface area (Å²) in [6, 6.07) is 12.1. The van der Waals surface area contributed by atoms with E-state index >= 15 is 0 Å². The van der Waals surface area contributed by atoms with Crippen LogP contribution < -0.4 is 10.6 Å². The lowest BCUT2D eigenvalue weighted by Crippen LogP contribution is -2.21. The number of nitrogens with one attached hydrogen (secondary N) is 2. The number of benzene rings is 1. The minimum Gasteiger partial charge on any atom is -0.369 e. The average Bonchev–Trinajstić information content (AvgIpc) is 3.19. The molecule has 0 bridgehead atoms. The monoisotopic (exact) mass is 414 g/mol. The molecule has 0 aliphatic heterocycles. The molecule has 3 heterocycles. The minimum atomic E-state index is 0.729. The lowest BCUT2D eigenvalue weighted by Gasteiger charge is -2.13. The summed E-state index contributed by atoms with van der Waals surface area (Å²) in [4.78, 5) is 11.0. The van der Waals surface area contributed by atoms with Crippen molar-refractivity contribution < 1.29 is 0 Å². The Morgan fingerprint density at radius 3 is 2.71 bits per heavy atom. The number of rotatable bonds is 8. The molecular formula is C23H26N8. The third kappa shape index (κ3) is 5.04. The van der Waals surface area contributed by atoms with E-state index in [0.29, 0.717) is 0 Å². The summed E-state index contributed by atoms with van der Waals surface area (Å²) in [5, 5.41) is 17.0. The molecule has 0 amide bonds. The Bertz CT molecular complexity index is 1210. The Hall–Kier alpha value is -3.78. The maximum absolute atomic E-state index is 4.53. The van der Waals surface area contributed by atoms with Gasteiger partial charge in [-0.3, -0.25) is 4.68 Å². The van der Waals surface area contributed by atoms with E-state index in [-0.39, 0.29) is 0 Å². The molecule has 1 aromatic carbocycles. The summed E-state index contributed by atoms with van der Waals surface area (Å²) in [6.07, 6.45) is 5.53. The van der Waals surface area contributed by atoms with Crippen molar-refractivity contribution in [1.82, 2.24) is 29.9 Å². The number of hydrogen-bond donors (Lipinski definition) is 2. The standard InChI is InChI=1S/C23H26N8/c1-16(17-7-8-24-22(12-17)25-9-10-30(2)3)27-23-13-20-11-18(5-6-19(20)14-26-23)21-15-31(4)29-28-21/h5-8,11-15H,1,9-10H2,2-4H3,(H,24,25)(H,26,27). The van der Waals surface area contributed by atoms with Crippen LogP contribution in [0.4, 0.5) is 11.6 Å². The predicted molar refractivity (Wildman–Crippen MR) is 126 cm³/mol. The molecule has 8 heteroatoms. The zero-order chi connectivity index (χ0) is 21.8. The molecule has 8 nitrogen and oxygen atoms in total. The largest absolute Gasteiger partial charge is 0.369 e. The van der Waals surface area contributed by atoms with Gasteiger partial charge in [-0.1, -0.05) is 23.9 Å². The fourth-order valence-electron chi connectivity index (χ4n) is 3.20. The number of fused-ring (bicyclic) bond motifs is 1. The van der Waals surface area contributed by atoms with E-state index in [1.165, 1.54) is 0 Å². The van der Waals surface area contributed by atoms with E-state index in [4.69, 9.17) is 0 Å². The van der Waals surface area contributed by atoms with Gasteiger partial charge >= 0.3 is 0 Å². The molecule has 158 valence electrons. The van der Waals surface area contributed by atoms with Crippen molar-refractivity contribution in [3.05, 3.63) is 67.1 Å². The number of pyridine rings is 2. The summed E-state index contributed by atoms with van der Waals surface area (Å²) in [7, 11) is 5.95. The third-order valence-corrected chi connectivity index (χ3v) is 4.87. The van der Waals surface area contributed by atoms with Gasteiger partial charge in [0, 0.05) is 54.7 Å². The van der Waals surface area contributed by atoms with Crippen LogP contribution in [-0.2, 0) is 7.05 Å². The molecule has 0 saturated heterocycles. The number of hydrogen-bond acceptors (Lipinski definition) is 7. The third-order valence-electron chi connectivity index (χ3n) is 4.87. The Kier molecular flexibility index (Phi) is 5.90. The molecule has 3 aromatic heterocycles.